The summed E-state index contributed by atoms with van der Waals surface area (Å²) in [5.74, 6) is 3.80. The zero-order valence-corrected chi connectivity index (χ0v) is 14.4. The van der Waals surface area contributed by atoms with E-state index in [-0.39, 0.29) is 0 Å². The molecule has 1 fully saturated rings. The summed E-state index contributed by atoms with van der Waals surface area (Å²) < 4.78 is 0. The van der Waals surface area contributed by atoms with Gasteiger partial charge in [-0.25, -0.2) is 9.97 Å². The molecule has 0 atom stereocenters. The molecule has 1 saturated heterocycles. The third kappa shape index (κ3) is 4.85. The van der Waals surface area contributed by atoms with Crippen LogP contribution in [0.3, 0.4) is 0 Å². The molecule has 118 valence electrons. The maximum atomic E-state index is 4.83. The molecule has 1 aliphatic heterocycles. The molecule has 5 heteroatoms. The van der Waals surface area contributed by atoms with Gasteiger partial charge in [0, 0.05) is 31.3 Å². The van der Waals surface area contributed by atoms with Gasteiger partial charge in [-0.15, -0.1) is 0 Å². The van der Waals surface area contributed by atoms with E-state index < -0.39 is 0 Å². The SMILES string of the molecule is CCCNCc1nc(C(C)C)ncc1N1CCCSCC1. The summed E-state index contributed by atoms with van der Waals surface area (Å²) in [6.45, 7) is 10.6. The van der Waals surface area contributed by atoms with Gasteiger partial charge in [-0.05, 0) is 25.1 Å². The molecule has 0 spiro atoms. The number of nitrogens with one attached hydrogen (secondary N) is 1. The minimum Gasteiger partial charge on any atom is -0.368 e. The molecule has 0 aromatic carbocycles. The van der Waals surface area contributed by atoms with Gasteiger partial charge in [-0.1, -0.05) is 20.8 Å². The summed E-state index contributed by atoms with van der Waals surface area (Å²) in [7, 11) is 0. The second-order valence-electron chi connectivity index (χ2n) is 5.84. The molecule has 0 radical (unpaired) electrons. The molecule has 2 rings (SSSR count). The summed E-state index contributed by atoms with van der Waals surface area (Å²) in [4.78, 5) is 11.9. The van der Waals surface area contributed by atoms with E-state index in [1.165, 1.54) is 23.6 Å². The topological polar surface area (TPSA) is 41.1 Å². The van der Waals surface area contributed by atoms with Crippen molar-refractivity contribution in [3.8, 4) is 0 Å². The van der Waals surface area contributed by atoms with Gasteiger partial charge in [0.05, 0.1) is 17.6 Å². The summed E-state index contributed by atoms with van der Waals surface area (Å²) in [5.41, 5.74) is 2.39. The highest BCUT2D eigenvalue weighted by Crippen LogP contribution is 2.23. The first-order chi connectivity index (χ1) is 10.2. The first-order valence-electron chi connectivity index (χ1n) is 8.11. The lowest BCUT2D eigenvalue weighted by Gasteiger charge is -2.25. The molecular formula is C16H28N4S. The van der Waals surface area contributed by atoms with Crippen LogP contribution in [-0.4, -0.2) is 41.1 Å². The van der Waals surface area contributed by atoms with E-state index in [4.69, 9.17) is 4.98 Å². The van der Waals surface area contributed by atoms with Crippen molar-refractivity contribution in [1.29, 1.82) is 0 Å². The second kappa shape index (κ2) is 8.59. The molecule has 0 saturated carbocycles. The molecule has 0 bridgehead atoms. The van der Waals surface area contributed by atoms with Crippen molar-refractivity contribution in [2.45, 2.75) is 46.1 Å². The van der Waals surface area contributed by atoms with Gasteiger partial charge in [0.2, 0.25) is 0 Å². The third-order valence-corrected chi connectivity index (χ3v) is 4.71. The maximum Gasteiger partial charge on any atom is 0.131 e. The van der Waals surface area contributed by atoms with E-state index in [0.717, 1.165) is 44.1 Å². The van der Waals surface area contributed by atoms with E-state index in [1.54, 1.807) is 0 Å². The fraction of sp³-hybridized carbons (Fsp3) is 0.750. The quantitative estimate of drug-likeness (QED) is 0.818. The molecule has 2 heterocycles. The largest absolute Gasteiger partial charge is 0.368 e. The fourth-order valence-corrected chi connectivity index (χ4v) is 3.36. The lowest BCUT2D eigenvalue weighted by Crippen LogP contribution is -2.29. The summed E-state index contributed by atoms with van der Waals surface area (Å²) in [6, 6.07) is 0. The standard InChI is InChI=1S/C16H28N4S/c1-4-6-17-11-14-15(12-18-16(19-14)13(2)3)20-7-5-9-21-10-8-20/h12-13,17H,4-11H2,1-3H3. The highest BCUT2D eigenvalue weighted by Gasteiger charge is 2.16. The van der Waals surface area contributed by atoms with Gasteiger partial charge in [0.1, 0.15) is 5.82 Å². The Hall–Kier alpha value is -0.810. The van der Waals surface area contributed by atoms with Crippen LogP contribution in [0.2, 0.25) is 0 Å². The van der Waals surface area contributed by atoms with Gasteiger partial charge in [0.25, 0.3) is 0 Å². The van der Waals surface area contributed by atoms with Gasteiger partial charge in [-0.2, -0.15) is 11.8 Å². The van der Waals surface area contributed by atoms with Crippen molar-refractivity contribution in [3.05, 3.63) is 17.7 Å². The van der Waals surface area contributed by atoms with Crippen LogP contribution in [0.4, 0.5) is 5.69 Å². The number of hydrogen-bond donors (Lipinski definition) is 1. The summed E-state index contributed by atoms with van der Waals surface area (Å²) in [6.07, 6.45) is 4.44. The van der Waals surface area contributed by atoms with Crippen LogP contribution in [0.25, 0.3) is 0 Å². The Morgan fingerprint density at radius 2 is 2.19 bits per heavy atom. The smallest absolute Gasteiger partial charge is 0.131 e. The maximum absolute atomic E-state index is 4.83. The number of thioether (sulfide) groups is 1. The molecule has 0 unspecified atom stereocenters. The zero-order valence-electron chi connectivity index (χ0n) is 13.6. The first-order valence-corrected chi connectivity index (χ1v) is 9.27. The summed E-state index contributed by atoms with van der Waals surface area (Å²) in [5, 5.41) is 3.49. The molecule has 1 aliphatic rings. The number of anilines is 1. The van der Waals surface area contributed by atoms with Crippen molar-refractivity contribution >= 4 is 17.4 Å². The molecule has 0 amide bonds. The van der Waals surface area contributed by atoms with Gasteiger partial charge >= 0.3 is 0 Å². The minimum atomic E-state index is 0.378. The molecular weight excluding hydrogens is 280 g/mol. The zero-order chi connectivity index (χ0) is 15.1. The van der Waals surface area contributed by atoms with Crippen molar-refractivity contribution in [3.63, 3.8) is 0 Å². The van der Waals surface area contributed by atoms with Crippen molar-refractivity contribution in [2.24, 2.45) is 0 Å². The second-order valence-corrected chi connectivity index (χ2v) is 7.07. The van der Waals surface area contributed by atoms with Crippen LogP contribution in [0, 0.1) is 0 Å². The van der Waals surface area contributed by atoms with Crippen LogP contribution >= 0.6 is 11.8 Å². The van der Waals surface area contributed by atoms with E-state index in [0.29, 0.717) is 5.92 Å². The van der Waals surface area contributed by atoms with Crippen molar-refractivity contribution < 1.29 is 0 Å². The number of aromatic nitrogens is 2. The Morgan fingerprint density at radius 3 is 2.95 bits per heavy atom. The normalized spacial score (nSPS) is 16.3. The van der Waals surface area contributed by atoms with E-state index in [1.807, 2.05) is 6.20 Å². The molecule has 4 nitrogen and oxygen atoms in total. The predicted molar refractivity (Wildman–Crippen MR) is 92.3 cm³/mol. The highest BCUT2D eigenvalue weighted by molar-refractivity contribution is 7.99. The van der Waals surface area contributed by atoms with E-state index in [2.05, 4.69) is 47.7 Å². The Kier molecular flexibility index (Phi) is 6.77. The van der Waals surface area contributed by atoms with E-state index >= 15 is 0 Å². The molecule has 1 aromatic heterocycles. The van der Waals surface area contributed by atoms with Gasteiger partial charge < -0.3 is 10.2 Å². The molecule has 0 aliphatic carbocycles. The highest BCUT2D eigenvalue weighted by atomic mass is 32.2. The van der Waals surface area contributed by atoms with Crippen LogP contribution < -0.4 is 10.2 Å². The van der Waals surface area contributed by atoms with Crippen LogP contribution in [0.5, 0.6) is 0 Å². The summed E-state index contributed by atoms with van der Waals surface area (Å²) >= 11 is 2.05. The Labute approximate surface area is 133 Å². The van der Waals surface area contributed by atoms with Crippen molar-refractivity contribution in [1.82, 2.24) is 15.3 Å². The lowest BCUT2D eigenvalue weighted by molar-refractivity contribution is 0.647. The number of nitrogens with zero attached hydrogens (tertiary/aromatic N) is 3. The number of hydrogen-bond acceptors (Lipinski definition) is 5. The minimum absolute atomic E-state index is 0.378. The Bertz CT molecular complexity index is 428. The van der Waals surface area contributed by atoms with Gasteiger partial charge in [-0.3, -0.25) is 0 Å². The van der Waals surface area contributed by atoms with Crippen molar-refractivity contribution in [2.75, 3.05) is 36.0 Å². The monoisotopic (exact) mass is 308 g/mol. The lowest BCUT2D eigenvalue weighted by atomic mass is 10.2. The predicted octanol–water partition coefficient (Wildman–Crippen LogP) is 3.04. The van der Waals surface area contributed by atoms with Gasteiger partial charge in [0.15, 0.2) is 0 Å². The molecule has 21 heavy (non-hydrogen) atoms. The number of rotatable bonds is 6. The first kappa shape index (κ1) is 16.6. The Morgan fingerprint density at radius 1 is 1.33 bits per heavy atom. The third-order valence-electron chi connectivity index (χ3n) is 3.66. The Balaban J connectivity index is 2.20. The van der Waals surface area contributed by atoms with Crippen LogP contribution in [0.1, 0.15) is 51.0 Å². The van der Waals surface area contributed by atoms with Crippen LogP contribution in [-0.2, 0) is 6.54 Å². The van der Waals surface area contributed by atoms with E-state index in [9.17, 15) is 0 Å². The average Bonchev–Trinajstić information content (AvgIpc) is 2.76. The average molecular weight is 308 g/mol. The fourth-order valence-electron chi connectivity index (χ4n) is 2.47. The molecule has 1 N–H and O–H groups in total. The van der Waals surface area contributed by atoms with Crippen LogP contribution in [0.15, 0.2) is 6.20 Å². The molecule has 1 aromatic rings.